The average molecular weight is 296 g/mol. The van der Waals surface area contributed by atoms with E-state index in [1.54, 1.807) is 0 Å². The van der Waals surface area contributed by atoms with Crippen LogP contribution in [0.25, 0.3) is 0 Å². The predicted molar refractivity (Wildman–Crippen MR) is 61.7 cm³/mol. The third-order valence-corrected chi connectivity index (χ3v) is 2.68. The van der Waals surface area contributed by atoms with Crippen LogP contribution in [-0.4, -0.2) is 24.2 Å². The molecule has 1 atom stereocenters. The monoisotopic (exact) mass is 296 g/mol. The highest BCUT2D eigenvalue weighted by atomic mass is 19.4. The molecule has 1 unspecified atom stereocenters. The number of benzene rings is 1. The van der Waals surface area contributed by atoms with Crippen molar-refractivity contribution < 1.29 is 26.7 Å². The molecule has 1 aromatic carbocycles. The molecule has 0 bridgehead atoms. The van der Waals surface area contributed by atoms with Gasteiger partial charge in [0.2, 0.25) is 5.91 Å². The standard InChI is InChI=1S/C12H13F5N2O/c1-11(18,12(15,16)17)10(20)19-3-2-7-4-8(13)6-9(14)5-7/h4-6H,2-3,18H2,1H3,(H,19,20). The minimum absolute atomic E-state index is 0.0195. The summed E-state index contributed by atoms with van der Waals surface area (Å²) in [5, 5.41) is 1.99. The molecule has 0 aromatic heterocycles. The van der Waals surface area contributed by atoms with Crippen LogP contribution < -0.4 is 11.1 Å². The molecule has 0 radical (unpaired) electrons. The van der Waals surface area contributed by atoms with Crippen LogP contribution in [0.1, 0.15) is 12.5 Å². The maximum atomic E-state index is 12.9. The van der Waals surface area contributed by atoms with Gasteiger partial charge in [-0.25, -0.2) is 8.78 Å². The van der Waals surface area contributed by atoms with Gasteiger partial charge in [0.25, 0.3) is 0 Å². The number of hydrogen-bond acceptors (Lipinski definition) is 2. The number of alkyl halides is 3. The van der Waals surface area contributed by atoms with Crippen molar-refractivity contribution in [2.75, 3.05) is 6.54 Å². The van der Waals surface area contributed by atoms with E-state index in [1.165, 1.54) is 0 Å². The fraction of sp³-hybridized carbons (Fsp3) is 0.417. The van der Waals surface area contributed by atoms with Gasteiger partial charge in [0.05, 0.1) is 0 Å². The normalized spacial score (nSPS) is 14.8. The fourth-order valence-corrected chi connectivity index (χ4v) is 1.39. The zero-order valence-corrected chi connectivity index (χ0v) is 10.5. The summed E-state index contributed by atoms with van der Waals surface area (Å²) in [6.45, 7) is 0.328. The minimum atomic E-state index is -4.89. The number of amides is 1. The number of rotatable bonds is 4. The van der Waals surface area contributed by atoms with Gasteiger partial charge in [-0.2, -0.15) is 13.2 Å². The van der Waals surface area contributed by atoms with Crippen molar-refractivity contribution in [2.45, 2.75) is 25.1 Å². The molecule has 112 valence electrons. The summed E-state index contributed by atoms with van der Waals surface area (Å²) < 4.78 is 63.1. The number of nitrogens with one attached hydrogen (secondary N) is 1. The zero-order valence-electron chi connectivity index (χ0n) is 10.5. The molecule has 0 aliphatic rings. The Morgan fingerprint density at radius 1 is 1.20 bits per heavy atom. The second kappa shape index (κ2) is 5.74. The van der Waals surface area contributed by atoms with Crippen LogP contribution in [0, 0.1) is 11.6 Å². The summed E-state index contributed by atoms with van der Waals surface area (Å²) in [4.78, 5) is 11.3. The van der Waals surface area contributed by atoms with Gasteiger partial charge < -0.3 is 11.1 Å². The lowest BCUT2D eigenvalue weighted by Gasteiger charge is -2.26. The molecule has 0 aliphatic carbocycles. The molecule has 1 aromatic rings. The van der Waals surface area contributed by atoms with E-state index in [9.17, 15) is 26.7 Å². The molecule has 0 aliphatic heterocycles. The highest BCUT2D eigenvalue weighted by molar-refractivity contribution is 5.86. The molecule has 0 saturated heterocycles. The van der Waals surface area contributed by atoms with Crippen LogP contribution >= 0.6 is 0 Å². The van der Waals surface area contributed by atoms with E-state index in [2.05, 4.69) is 0 Å². The minimum Gasteiger partial charge on any atom is -0.354 e. The molecular formula is C12H13F5N2O. The van der Waals surface area contributed by atoms with E-state index in [-0.39, 0.29) is 18.5 Å². The highest BCUT2D eigenvalue weighted by Crippen LogP contribution is 2.27. The van der Waals surface area contributed by atoms with Crippen molar-refractivity contribution >= 4 is 5.91 Å². The molecule has 0 saturated carbocycles. The summed E-state index contributed by atoms with van der Waals surface area (Å²) in [5.41, 5.74) is 2.11. The van der Waals surface area contributed by atoms with Crippen LogP contribution in [-0.2, 0) is 11.2 Å². The molecule has 20 heavy (non-hydrogen) atoms. The Labute approximate surface area is 112 Å². The van der Waals surface area contributed by atoms with Gasteiger partial charge in [-0.3, -0.25) is 4.79 Å². The van der Waals surface area contributed by atoms with Crippen LogP contribution in [0.3, 0.4) is 0 Å². The average Bonchev–Trinajstić information content (AvgIpc) is 2.25. The van der Waals surface area contributed by atoms with Gasteiger partial charge >= 0.3 is 6.18 Å². The number of carbonyl (C=O) groups is 1. The van der Waals surface area contributed by atoms with Gasteiger partial charge in [-0.15, -0.1) is 0 Å². The van der Waals surface area contributed by atoms with Gasteiger partial charge in [0.15, 0.2) is 5.54 Å². The second-order valence-corrected chi connectivity index (χ2v) is 4.48. The van der Waals surface area contributed by atoms with Gasteiger partial charge in [-0.1, -0.05) is 0 Å². The Balaban J connectivity index is 2.58. The summed E-state index contributed by atoms with van der Waals surface area (Å²) in [6, 6.07) is 2.73. The molecule has 3 nitrogen and oxygen atoms in total. The molecule has 0 fully saturated rings. The maximum absolute atomic E-state index is 12.9. The zero-order chi connectivity index (χ0) is 15.6. The largest absolute Gasteiger partial charge is 0.415 e. The Morgan fingerprint density at radius 2 is 1.70 bits per heavy atom. The summed E-state index contributed by atoms with van der Waals surface area (Å²) in [7, 11) is 0. The second-order valence-electron chi connectivity index (χ2n) is 4.48. The molecule has 1 rings (SSSR count). The smallest absolute Gasteiger partial charge is 0.354 e. The Hall–Kier alpha value is -1.70. The topological polar surface area (TPSA) is 55.1 Å². The first-order valence-electron chi connectivity index (χ1n) is 5.63. The molecule has 1 amide bonds. The maximum Gasteiger partial charge on any atom is 0.415 e. The fourth-order valence-electron chi connectivity index (χ4n) is 1.39. The Morgan fingerprint density at radius 3 is 2.15 bits per heavy atom. The van der Waals surface area contributed by atoms with Crippen LogP contribution in [0.15, 0.2) is 18.2 Å². The Kier molecular flexibility index (Phi) is 4.69. The van der Waals surface area contributed by atoms with E-state index in [1.807, 2.05) is 5.32 Å². The first-order valence-corrected chi connectivity index (χ1v) is 5.63. The summed E-state index contributed by atoms with van der Waals surface area (Å²) in [5.74, 6) is -3.00. The third kappa shape index (κ3) is 3.89. The van der Waals surface area contributed by atoms with Crippen LogP contribution in [0.2, 0.25) is 0 Å². The summed E-state index contributed by atoms with van der Waals surface area (Å²) >= 11 is 0. The lowest BCUT2D eigenvalue weighted by Crippen LogP contribution is -2.61. The Bertz CT molecular complexity index is 479. The van der Waals surface area contributed by atoms with Crippen LogP contribution in [0.5, 0.6) is 0 Å². The van der Waals surface area contributed by atoms with Crippen molar-refractivity contribution in [3.05, 3.63) is 35.4 Å². The van der Waals surface area contributed by atoms with E-state index in [0.717, 1.165) is 12.1 Å². The molecule has 0 spiro atoms. The molecule has 0 heterocycles. The van der Waals surface area contributed by atoms with E-state index >= 15 is 0 Å². The van der Waals surface area contributed by atoms with Gasteiger partial charge in [0, 0.05) is 12.6 Å². The molecule has 3 N–H and O–H groups in total. The lowest BCUT2D eigenvalue weighted by atomic mass is 10.0. The van der Waals surface area contributed by atoms with E-state index < -0.39 is 29.3 Å². The number of carbonyl (C=O) groups excluding carboxylic acids is 1. The lowest BCUT2D eigenvalue weighted by molar-refractivity contribution is -0.187. The number of hydrogen-bond donors (Lipinski definition) is 2. The first-order chi connectivity index (χ1) is 9.04. The van der Waals surface area contributed by atoms with E-state index in [4.69, 9.17) is 5.73 Å². The van der Waals surface area contributed by atoms with Crippen molar-refractivity contribution in [1.82, 2.24) is 5.32 Å². The SMILES string of the molecule is CC(N)(C(=O)NCCc1cc(F)cc(F)c1)C(F)(F)F. The van der Waals surface area contributed by atoms with Crippen molar-refractivity contribution in [1.29, 1.82) is 0 Å². The third-order valence-electron chi connectivity index (χ3n) is 2.68. The summed E-state index contributed by atoms with van der Waals surface area (Å²) in [6.07, 6.45) is -4.91. The quantitative estimate of drug-likeness (QED) is 0.834. The molecule has 8 heteroatoms. The highest BCUT2D eigenvalue weighted by Gasteiger charge is 2.53. The van der Waals surface area contributed by atoms with Crippen molar-refractivity contribution in [3.8, 4) is 0 Å². The van der Waals surface area contributed by atoms with Gasteiger partial charge in [0.1, 0.15) is 11.6 Å². The van der Waals surface area contributed by atoms with E-state index in [0.29, 0.717) is 13.0 Å². The van der Waals surface area contributed by atoms with Crippen molar-refractivity contribution in [2.24, 2.45) is 5.73 Å². The van der Waals surface area contributed by atoms with Crippen molar-refractivity contribution in [3.63, 3.8) is 0 Å². The molecular weight excluding hydrogens is 283 g/mol. The van der Waals surface area contributed by atoms with Gasteiger partial charge in [-0.05, 0) is 31.0 Å². The number of halogens is 5. The predicted octanol–water partition coefficient (Wildman–Crippen LogP) is 1.90. The number of nitrogens with two attached hydrogens (primary N) is 1. The van der Waals surface area contributed by atoms with Crippen LogP contribution in [0.4, 0.5) is 22.0 Å². The first kappa shape index (κ1) is 16.4.